The molecule has 0 radical (unpaired) electrons. The number of hydrogen-bond donors (Lipinski definition) is 3. The Morgan fingerprint density at radius 3 is 2.75 bits per heavy atom. The second-order valence-corrected chi connectivity index (χ2v) is 11.0. The van der Waals surface area contributed by atoms with Crippen LogP contribution in [0.25, 0.3) is 11.0 Å². The lowest BCUT2D eigenvalue weighted by molar-refractivity contribution is -0.134. The highest BCUT2D eigenvalue weighted by Crippen LogP contribution is 2.28. The zero-order valence-electron chi connectivity index (χ0n) is 21.7. The number of carbonyl (C=O) groups is 2. The molecule has 2 aliphatic rings. The van der Waals surface area contributed by atoms with E-state index in [1.165, 1.54) is 6.20 Å². The van der Waals surface area contributed by atoms with Crippen molar-refractivity contribution in [1.82, 2.24) is 24.6 Å². The van der Waals surface area contributed by atoms with Crippen LogP contribution in [0.2, 0.25) is 0 Å². The largest absolute Gasteiger partial charge is 0.494 e. The number of aromatic amines is 1. The number of halogens is 2. The summed E-state index contributed by atoms with van der Waals surface area (Å²) in [5.41, 5.74) is -0.350. The van der Waals surface area contributed by atoms with Gasteiger partial charge in [0, 0.05) is 42.9 Å². The maximum absolute atomic E-state index is 13.0. The zero-order chi connectivity index (χ0) is 28.1. The number of alkyl halides is 2. The van der Waals surface area contributed by atoms with Gasteiger partial charge in [-0.25, -0.2) is 13.8 Å². The Kier molecular flexibility index (Phi) is 8.90. The normalized spacial score (nSPS) is 18.7. The first-order valence-electron chi connectivity index (χ1n) is 13.2. The molecule has 2 aliphatic heterocycles. The first-order valence-corrected chi connectivity index (χ1v) is 14.2. The molecule has 40 heavy (non-hydrogen) atoms. The number of hydrogen-bond acceptors (Lipinski definition) is 9. The van der Waals surface area contributed by atoms with Crippen LogP contribution in [-0.2, 0) is 9.59 Å². The number of amides is 2. The Morgan fingerprint density at radius 2 is 1.98 bits per heavy atom. The standard InChI is InChI=1S/C27H30F2N6O4S/c28-23(29)21-14-17-15-30-27(34-24(17)33-26(21)38)31-18-7-9-35(10-8-18)40-12-2-11-39-19-4-1-3-16(13-19)20-5-6-22(36)32-25(20)37/h1,3-4,13-15,18,20,23H,2,5-12H2,(H,32,36,37)(H2,30,31,33,34,38). The number of piperidine rings is 2. The topological polar surface area (TPSA) is 129 Å². The molecule has 0 aliphatic carbocycles. The van der Waals surface area contributed by atoms with Crippen LogP contribution in [0.5, 0.6) is 5.75 Å². The van der Waals surface area contributed by atoms with Crippen molar-refractivity contribution < 1.29 is 23.1 Å². The van der Waals surface area contributed by atoms with Crippen molar-refractivity contribution in [3.05, 3.63) is 58.0 Å². The van der Waals surface area contributed by atoms with Gasteiger partial charge in [0.05, 0.1) is 18.1 Å². The van der Waals surface area contributed by atoms with Gasteiger partial charge in [0.25, 0.3) is 12.0 Å². The van der Waals surface area contributed by atoms with Crippen molar-refractivity contribution in [3.8, 4) is 5.75 Å². The fraction of sp³-hybridized carbons (Fsp3) is 0.444. The van der Waals surface area contributed by atoms with Gasteiger partial charge in [0.2, 0.25) is 17.8 Å². The molecule has 2 fully saturated rings. The second-order valence-electron chi connectivity index (χ2n) is 9.81. The van der Waals surface area contributed by atoms with Crippen molar-refractivity contribution in [2.24, 2.45) is 0 Å². The number of carbonyl (C=O) groups excluding carboxylic acids is 2. The fourth-order valence-corrected chi connectivity index (χ4v) is 5.80. The van der Waals surface area contributed by atoms with E-state index in [1.54, 1.807) is 11.9 Å². The predicted molar refractivity (Wildman–Crippen MR) is 147 cm³/mol. The monoisotopic (exact) mass is 572 g/mol. The van der Waals surface area contributed by atoms with Crippen LogP contribution in [0.1, 0.15) is 55.6 Å². The Labute approximate surface area is 233 Å². The highest BCUT2D eigenvalue weighted by molar-refractivity contribution is 7.97. The lowest BCUT2D eigenvalue weighted by atomic mass is 9.90. The van der Waals surface area contributed by atoms with Gasteiger partial charge in [0.15, 0.2) is 0 Å². The Balaban J connectivity index is 1.02. The average Bonchev–Trinajstić information content (AvgIpc) is 2.93. The molecule has 10 nitrogen and oxygen atoms in total. The number of nitrogens with one attached hydrogen (secondary N) is 3. The van der Waals surface area contributed by atoms with Gasteiger partial charge in [0.1, 0.15) is 11.4 Å². The van der Waals surface area contributed by atoms with Crippen LogP contribution >= 0.6 is 11.9 Å². The van der Waals surface area contributed by atoms with E-state index in [4.69, 9.17) is 4.74 Å². The number of ether oxygens (including phenoxy) is 1. The summed E-state index contributed by atoms with van der Waals surface area (Å²) in [6.07, 6.45) is 2.07. The minimum atomic E-state index is -2.86. The van der Waals surface area contributed by atoms with Gasteiger partial charge >= 0.3 is 0 Å². The lowest BCUT2D eigenvalue weighted by Gasteiger charge is -2.31. The first-order chi connectivity index (χ1) is 19.4. The summed E-state index contributed by atoms with van der Waals surface area (Å²) in [7, 11) is 0. The molecule has 3 N–H and O–H groups in total. The minimum Gasteiger partial charge on any atom is -0.494 e. The summed E-state index contributed by atoms with van der Waals surface area (Å²) < 4.78 is 34.1. The molecule has 5 rings (SSSR count). The number of fused-ring (bicyclic) bond motifs is 1. The van der Waals surface area contributed by atoms with Crippen molar-refractivity contribution in [1.29, 1.82) is 0 Å². The summed E-state index contributed by atoms with van der Waals surface area (Å²) >= 11 is 1.78. The second kappa shape index (κ2) is 12.7. The van der Waals surface area contributed by atoms with E-state index in [1.807, 2.05) is 24.3 Å². The van der Waals surface area contributed by atoms with Gasteiger partial charge < -0.3 is 15.0 Å². The van der Waals surface area contributed by atoms with E-state index in [-0.39, 0.29) is 29.4 Å². The molecule has 13 heteroatoms. The van der Waals surface area contributed by atoms with E-state index in [9.17, 15) is 23.2 Å². The van der Waals surface area contributed by atoms with Crippen LogP contribution in [0.4, 0.5) is 14.7 Å². The third-order valence-corrected chi connectivity index (χ3v) is 8.18. The minimum absolute atomic E-state index is 0.168. The van der Waals surface area contributed by atoms with Crippen molar-refractivity contribution in [3.63, 3.8) is 0 Å². The van der Waals surface area contributed by atoms with E-state index in [2.05, 4.69) is 29.9 Å². The number of rotatable bonds is 10. The quantitative estimate of drug-likeness (QED) is 0.189. The van der Waals surface area contributed by atoms with Crippen molar-refractivity contribution >= 4 is 40.7 Å². The van der Waals surface area contributed by atoms with Crippen molar-refractivity contribution in [2.75, 3.05) is 30.8 Å². The van der Waals surface area contributed by atoms with Crippen LogP contribution in [0.15, 0.2) is 41.3 Å². The lowest BCUT2D eigenvalue weighted by Crippen LogP contribution is -2.39. The molecule has 2 aromatic heterocycles. The van der Waals surface area contributed by atoms with Crippen LogP contribution in [-0.4, -0.2) is 62.6 Å². The van der Waals surface area contributed by atoms with Gasteiger partial charge in [-0.2, -0.15) is 4.98 Å². The van der Waals surface area contributed by atoms with E-state index in [0.717, 1.165) is 49.7 Å². The number of H-pyrrole nitrogens is 1. The zero-order valence-corrected chi connectivity index (χ0v) is 22.5. The Morgan fingerprint density at radius 1 is 1.15 bits per heavy atom. The molecule has 212 valence electrons. The number of aromatic nitrogens is 3. The van der Waals surface area contributed by atoms with Gasteiger partial charge in [-0.1, -0.05) is 24.1 Å². The summed E-state index contributed by atoms with van der Waals surface area (Å²) in [6, 6.07) is 8.80. The summed E-state index contributed by atoms with van der Waals surface area (Å²) in [5, 5.41) is 6.04. The molecule has 0 spiro atoms. The summed E-state index contributed by atoms with van der Waals surface area (Å²) in [4.78, 5) is 46.3. The van der Waals surface area contributed by atoms with Gasteiger partial charge in [-0.15, -0.1) is 0 Å². The van der Waals surface area contributed by atoms with Crippen molar-refractivity contribution in [2.45, 2.75) is 50.5 Å². The Hall–Kier alpha value is -3.58. The summed E-state index contributed by atoms with van der Waals surface area (Å²) in [6.45, 7) is 2.34. The molecule has 3 aromatic rings. The average molecular weight is 573 g/mol. The highest BCUT2D eigenvalue weighted by Gasteiger charge is 2.28. The molecule has 1 atom stereocenters. The molecule has 1 aromatic carbocycles. The number of benzene rings is 1. The molecular weight excluding hydrogens is 542 g/mol. The Bertz CT molecular complexity index is 1430. The van der Waals surface area contributed by atoms with Gasteiger partial charge in [-0.3, -0.25) is 24.0 Å². The molecule has 0 bridgehead atoms. The number of pyridine rings is 1. The third kappa shape index (κ3) is 6.94. The maximum Gasteiger partial charge on any atom is 0.269 e. The highest BCUT2D eigenvalue weighted by atomic mass is 32.2. The number of imide groups is 1. The number of anilines is 1. The SMILES string of the molecule is O=C1CCC(c2cccc(OCCCSN3CCC(Nc4ncc5cc(C(F)F)c(=O)[nH]c5n4)CC3)c2)C(=O)N1. The van der Waals surface area contributed by atoms with Crippen LogP contribution in [0, 0.1) is 0 Å². The smallest absolute Gasteiger partial charge is 0.269 e. The maximum atomic E-state index is 13.0. The third-order valence-electron chi connectivity index (χ3n) is 6.98. The predicted octanol–water partition coefficient (Wildman–Crippen LogP) is 3.77. The molecular formula is C27H30F2N6O4S. The van der Waals surface area contributed by atoms with Crippen LogP contribution < -0.4 is 20.9 Å². The van der Waals surface area contributed by atoms with E-state index in [0.29, 0.717) is 36.5 Å². The molecule has 0 saturated carbocycles. The van der Waals surface area contributed by atoms with E-state index < -0.39 is 17.5 Å². The van der Waals surface area contributed by atoms with Crippen LogP contribution in [0.3, 0.4) is 0 Å². The summed E-state index contributed by atoms with van der Waals surface area (Å²) in [5.74, 6) is 1.18. The fourth-order valence-electron chi connectivity index (χ4n) is 4.83. The van der Waals surface area contributed by atoms with Gasteiger partial charge in [-0.05, 0) is 49.4 Å². The molecule has 2 amide bonds. The van der Waals surface area contributed by atoms with E-state index >= 15 is 0 Å². The molecule has 2 saturated heterocycles. The number of nitrogens with zero attached hydrogens (tertiary/aromatic N) is 3. The molecule has 4 heterocycles. The molecule has 1 unspecified atom stereocenters. The first kappa shape index (κ1) is 28.0.